The number of pyridine rings is 1. The van der Waals surface area contributed by atoms with Crippen LogP contribution in [-0.2, 0) is 16.6 Å². The van der Waals surface area contributed by atoms with Crippen LogP contribution in [0, 0.1) is 0 Å². The number of benzene rings is 4. The van der Waals surface area contributed by atoms with E-state index in [1.807, 2.05) is 48.7 Å². The molecule has 2 aliphatic heterocycles. The number of para-hydroxylation sites is 1. The lowest BCUT2D eigenvalue weighted by molar-refractivity contribution is 0.206. The molecule has 0 unspecified atom stereocenters. The third-order valence-electron chi connectivity index (χ3n) is 8.56. The molecule has 0 saturated carbocycles. The number of fused-ring (bicyclic) bond motifs is 5. The molecule has 5 nitrogen and oxygen atoms in total. The zero-order valence-corrected chi connectivity index (χ0v) is 23.0. The van der Waals surface area contributed by atoms with E-state index in [1.165, 1.54) is 22.3 Å². The molecule has 200 valence electrons. The molecule has 0 bridgehead atoms. The Kier molecular flexibility index (Phi) is 5.29. The monoisotopic (exact) mass is 535 g/mol. The van der Waals surface area contributed by atoms with Crippen molar-refractivity contribution >= 4 is 23.1 Å². The fourth-order valence-electron chi connectivity index (χ4n) is 6.56. The van der Waals surface area contributed by atoms with Gasteiger partial charge in [-0.3, -0.25) is 4.90 Å². The Morgan fingerprint density at radius 2 is 1.59 bits per heavy atom. The van der Waals surface area contributed by atoms with Crippen LogP contribution in [-0.4, -0.2) is 17.0 Å². The van der Waals surface area contributed by atoms with Crippen LogP contribution in [0.25, 0.3) is 0 Å². The van der Waals surface area contributed by atoms with E-state index in [0.717, 1.165) is 40.7 Å². The van der Waals surface area contributed by atoms with Gasteiger partial charge in [0.05, 0.1) is 11.4 Å². The predicted octanol–water partition coefficient (Wildman–Crippen LogP) is 8.43. The first-order valence-corrected chi connectivity index (χ1v) is 14.1. The third kappa shape index (κ3) is 3.84. The summed E-state index contributed by atoms with van der Waals surface area (Å²) >= 11 is 0. The van der Waals surface area contributed by atoms with Gasteiger partial charge in [0, 0.05) is 29.7 Å². The number of ether oxygens (including phenoxy) is 2. The molecule has 3 aliphatic rings. The summed E-state index contributed by atoms with van der Waals surface area (Å²) in [6.07, 6.45) is 2.80. The molecule has 1 aromatic heterocycles. The first-order chi connectivity index (χ1) is 20.1. The number of hydrogen-bond donors (Lipinski definition) is 0. The van der Waals surface area contributed by atoms with Crippen molar-refractivity contribution in [3.63, 3.8) is 0 Å². The molecule has 2 atom stereocenters. The molecule has 0 N–H and O–H groups in total. The van der Waals surface area contributed by atoms with Gasteiger partial charge in [-0.05, 0) is 64.7 Å². The number of rotatable bonds is 4. The Labute approximate surface area is 239 Å². The van der Waals surface area contributed by atoms with Crippen molar-refractivity contribution < 1.29 is 9.47 Å². The molecule has 0 spiro atoms. The fraction of sp³-hybridized carbons (Fsp3) is 0.167. The first-order valence-electron chi connectivity index (χ1n) is 14.1. The van der Waals surface area contributed by atoms with Crippen molar-refractivity contribution in [1.82, 2.24) is 4.98 Å². The second-order valence-electron chi connectivity index (χ2n) is 11.4. The lowest BCUT2D eigenvalue weighted by Gasteiger charge is -2.41. The van der Waals surface area contributed by atoms with Crippen LogP contribution in [0.3, 0.4) is 0 Å². The zero-order valence-electron chi connectivity index (χ0n) is 23.0. The van der Waals surface area contributed by atoms with Gasteiger partial charge < -0.3 is 9.47 Å². The molecular formula is C36H29N3O2. The van der Waals surface area contributed by atoms with Crippen molar-refractivity contribution in [2.24, 2.45) is 4.99 Å². The topological polar surface area (TPSA) is 47.0 Å². The Morgan fingerprint density at radius 3 is 2.49 bits per heavy atom. The number of aliphatic imine (C=N–C) groups is 1. The highest BCUT2D eigenvalue weighted by Gasteiger charge is 2.40. The fourth-order valence-corrected chi connectivity index (χ4v) is 6.56. The predicted molar refractivity (Wildman–Crippen MR) is 162 cm³/mol. The number of hydrogen-bond acceptors (Lipinski definition) is 5. The Bertz CT molecular complexity index is 1830. The van der Waals surface area contributed by atoms with E-state index in [2.05, 4.69) is 85.5 Å². The molecule has 41 heavy (non-hydrogen) atoms. The summed E-state index contributed by atoms with van der Waals surface area (Å²) in [6.45, 7) is 4.56. The second kappa shape index (κ2) is 9.07. The molecule has 1 aliphatic carbocycles. The Morgan fingerprint density at radius 1 is 0.780 bits per heavy atom. The Balaban J connectivity index is 1.14. The van der Waals surface area contributed by atoms with Gasteiger partial charge in [0.2, 0.25) is 5.90 Å². The minimum Gasteiger partial charge on any atom is -0.471 e. The van der Waals surface area contributed by atoms with Gasteiger partial charge in [-0.1, -0.05) is 74.5 Å². The van der Waals surface area contributed by atoms with Gasteiger partial charge in [0.15, 0.2) is 0 Å². The molecular weight excluding hydrogens is 506 g/mol. The van der Waals surface area contributed by atoms with E-state index in [1.54, 1.807) is 0 Å². The summed E-state index contributed by atoms with van der Waals surface area (Å²) in [5, 5.41) is 0. The average Bonchev–Trinajstić information content (AvgIpc) is 3.57. The summed E-state index contributed by atoms with van der Waals surface area (Å²) in [7, 11) is 0. The van der Waals surface area contributed by atoms with Crippen LogP contribution < -0.4 is 9.64 Å². The summed E-state index contributed by atoms with van der Waals surface area (Å²) in [4.78, 5) is 11.9. The molecule has 0 amide bonds. The molecule has 3 heterocycles. The maximum atomic E-state index is 6.48. The molecule has 4 aromatic carbocycles. The third-order valence-corrected chi connectivity index (χ3v) is 8.56. The molecule has 0 fully saturated rings. The van der Waals surface area contributed by atoms with Gasteiger partial charge in [-0.15, -0.1) is 0 Å². The first kappa shape index (κ1) is 23.9. The molecule has 0 radical (unpaired) electrons. The summed E-state index contributed by atoms with van der Waals surface area (Å²) in [6, 6.07) is 37.6. The smallest absolute Gasteiger partial charge is 0.217 e. The van der Waals surface area contributed by atoms with E-state index in [4.69, 9.17) is 19.5 Å². The lowest BCUT2D eigenvalue weighted by atomic mass is 9.73. The van der Waals surface area contributed by atoms with Crippen LogP contribution in [0.5, 0.6) is 11.5 Å². The maximum absolute atomic E-state index is 6.48. The summed E-state index contributed by atoms with van der Waals surface area (Å²) < 4.78 is 12.8. The molecule has 8 rings (SSSR count). The van der Waals surface area contributed by atoms with E-state index in [9.17, 15) is 0 Å². The van der Waals surface area contributed by atoms with E-state index < -0.39 is 0 Å². The van der Waals surface area contributed by atoms with Crippen LogP contribution >= 0.6 is 0 Å². The van der Waals surface area contributed by atoms with Crippen LogP contribution in [0.2, 0.25) is 0 Å². The minimum atomic E-state index is -0.176. The van der Waals surface area contributed by atoms with E-state index in [-0.39, 0.29) is 17.6 Å². The van der Waals surface area contributed by atoms with Crippen LogP contribution in [0.4, 0.5) is 17.2 Å². The van der Waals surface area contributed by atoms with Crippen molar-refractivity contribution in [2.75, 3.05) is 4.90 Å². The lowest BCUT2D eigenvalue weighted by Crippen LogP contribution is -2.30. The zero-order chi connectivity index (χ0) is 27.6. The number of aromatic nitrogens is 1. The van der Waals surface area contributed by atoms with Gasteiger partial charge >= 0.3 is 0 Å². The number of anilines is 3. The van der Waals surface area contributed by atoms with E-state index in [0.29, 0.717) is 5.90 Å². The van der Waals surface area contributed by atoms with Gasteiger partial charge in [-0.2, -0.15) is 0 Å². The normalized spacial score (nSPS) is 19.4. The quantitative estimate of drug-likeness (QED) is 0.232. The largest absolute Gasteiger partial charge is 0.471 e. The minimum absolute atomic E-state index is 0.0650. The van der Waals surface area contributed by atoms with Gasteiger partial charge in [-0.25, -0.2) is 9.98 Å². The highest BCUT2D eigenvalue weighted by molar-refractivity contribution is 5.96. The SMILES string of the molecule is CC1(C)c2ccccc2N(c2ccccn2)c2cc(Oc3cccc(C4=N[C@H]5c6ccccc6C[C@H]5O4)c3)ccc21. The van der Waals surface area contributed by atoms with Crippen molar-refractivity contribution in [3.8, 4) is 11.5 Å². The summed E-state index contributed by atoms with van der Waals surface area (Å²) in [5.74, 6) is 3.06. The molecule has 0 saturated heterocycles. The highest BCUT2D eigenvalue weighted by atomic mass is 16.5. The van der Waals surface area contributed by atoms with Crippen molar-refractivity contribution in [2.45, 2.75) is 37.8 Å². The van der Waals surface area contributed by atoms with Gasteiger partial charge in [0.25, 0.3) is 0 Å². The van der Waals surface area contributed by atoms with Crippen LogP contribution in [0.15, 0.2) is 120 Å². The van der Waals surface area contributed by atoms with E-state index >= 15 is 0 Å². The van der Waals surface area contributed by atoms with Crippen molar-refractivity contribution in [1.29, 1.82) is 0 Å². The summed E-state index contributed by atoms with van der Waals surface area (Å²) in [5.41, 5.74) is 8.05. The molecule has 5 aromatic rings. The molecule has 5 heteroatoms. The standard InChI is InChI=1S/C36H29N3O2/c1-36(2)28-14-5-6-15-30(28)39(33-16-7-8-19-37-33)31-22-26(17-18-29(31)36)40-25-12-9-11-24(20-25)35-38-34-27-13-4-3-10-23(27)21-32(34)41-35/h3-20,22,32,34H,21H2,1-2H3/t32-,34+/m1/s1. The van der Waals surface area contributed by atoms with Gasteiger partial charge in [0.1, 0.15) is 29.5 Å². The maximum Gasteiger partial charge on any atom is 0.217 e. The highest BCUT2D eigenvalue weighted by Crippen LogP contribution is 2.52. The second-order valence-corrected chi connectivity index (χ2v) is 11.4. The van der Waals surface area contributed by atoms with Crippen molar-refractivity contribution in [3.05, 3.63) is 143 Å². The van der Waals surface area contributed by atoms with Crippen LogP contribution in [0.1, 0.15) is 47.7 Å². The Hall–Kier alpha value is -4.90. The average molecular weight is 536 g/mol. The number of nitrogens with zero attached hydrogens (tertiary/aromatic N) is 3.